The maximum atomic E-state index is 12.0. The van der Waals surface area contributed by atoms with Crippen LogP contribution in [-0.4, -0.2) is 56.7 Å². The van der Waals surface area contributed by atoms with Crippen LogP contribution in [0, 0.1) is 0 Å². The molecule has 1 aliphatic rings. The summed E-state index contributed by atoms with van der Waals surface area (Å²) in [6, 6.07) is 8.02. The zero-order valence-corrected chi connectivity index (χ0v) is 13.4. The smallest absolute Gasteiger partial charge is 0.237 e. The van der Waals surface area contributed by atoms with E-state index in [1.807, 2.05) is 19.1 Å². The second-order valence-electron chi connectivity index (χ2n) is 5.43. The highest BCUT2D eigenvalue weighted by molar-refractivity contribution is 5.81. The first-order valence-electron chi connectivity index (χ1n) is 7.67. The van der Waals surface area contributed by atoms with Gasteiger partial charge in [0.2, 0.25) is 5.91 Å². The van der Waals surface area contributed by atoms with Crippen LogP contribution in [0.4, 0.5) is 5.69 Å². The average Bonchev–Trinajstić information content (AvgIpc) is 2.59. The van der Waals surface area contributed by atoms with Gasteiger partial charge in [-0.3, -0.25) is 9.69 Å². The van der Waals surface area contributed by atoms with Crippen molar-refractivity contribution in [2.45, 2.75) is 13.0 Å². The molecular formula is C17H25N3O2. The Hall–Kier alpha value is -2.01. The fraction of sp³-hybridized carbons (Fsp3) is 0.471. The number of anilines is 1. The van der Waals surface area contributed by atoms with E-state index >= 15 is 0 Å². The predicted molar refractivity (Wildman–Crippen MR) is 89.4 cm³/mol. The average molecular weight is 303 g/mol. The van der Waals surface area contributed by atoms with E-state index in [-0.39, 0.29) is 11.9 Å². The number of hydrogen-bond donors (Lipinski definition) is 1. The van der Waals surface area contributed by atoms with Gasteiger partial charge in [0.25, 0.3) is 0 Å². The molecule has 1 aromatic carbocycles. The van der Waals surface area contributed by atoms with Crippen LogP contribution >= 0.6 is 0 Å². The molecule has 1 heterocycles. The van der Waals surface area contributed by atoms with E-state index in [4.69, 9.17) is 4.74 Å². The number of benzene rings is 1. The van der Waals surface area contributed by atoms with Gasteiger partial charge in [-0.15, -0.1) is 6.58 Å². The molecule has 0 saturated carbocycles. The van der Waals surface area contributed by atoms with Crippen LogP contribution in [0.25, 0.3) is 0 Å². The number of piperazine rings is 1. The highest BCUT2D eigenvalue weighted by Crippen LogP contribution is 2.20. The van der Waals surface area contributed by atoms with Gasteiger partial charge in [-0.1, -0.05) is 6.08 Å². The van der Waals surface area contributed by atoms with Crippen molar-refractivity contribution in [3.05, 3.63) is 36.9 Å². The first-order valence-corrected chi connectivity index (χ1v) is 7.67. The van der Waals surface area contributed by atoms with Gasteiger partial charge in [-0.05, 0) is 31.2 Å². The summed E-state index contributed by atoms with van der Waals surface area (Å²) in [5.41, 5.74) is 1.20. The number of nitrogens with one attached hydrogen (secondary N) is 1. The number of methoxy groups -OCH3 is 1. The lowest BCUT2D eigenvalue weighted by Gasteiger charge is -2.38. The molecule has 5 heteroatoms. The van der Waals surface area contributed by atoms with Crippen LogP contribution in [0.5, 0.6) is 5.75 Å². The van der Waals surface area contributed by atoms with Crippen LogP contribution in [0.2, 0.25) is 0 Å². The van der Waals surface area contributed by atoms with E-state index in [0.717, 1.165) is 31.9 Å². The molecule has 0 radical (unpaired) electrons. The lowest BCUT2D eigenvalue weighted by atomic mass is 10.2. The van der Waals surface area contributed by atoms with Gasteiger partial charge in [0.1, 0.15) is 5.75 Å². The van der Waals surface area contributed by atoms with Gasteiger partial charge in [-0.2, -0.15) is 0 Å². The van der Waals surface area contributed by atoms with Crippen LogP contribution in [-0.2, 0) is 4.79 Å². The molecule has 1 amide bonds. The first-order chi connectivity index (χ1) is 10.7. The number of amides is 1. The van der Waals surface area contributed by atoms with Crippen molar-refractivity contribution >= 4 is 11.6 Å². The second kappa shape index (κ2) is 7.84. The Morgan fingerprint density at radius 1 is 1.32 bits per heavy atom. The fourth-order valence-corrected chi connectivity index (χ4v) is 2.65. The van der Waals surface area contributed by atoms with Gasteiger partial charge in [0.15, 0.2) is 0 Å². The Bertz CT molecular complexity index is 493. The lowest BCUT2D eigenvalue weighted by molar-refractivity contribution is -0.125. The molecular weight excluding hydrogens is 278 g/mol. The van der Waals surface area contributed by atoms with Crippen molar-refractivity contribution in [2.75, 3.05) is 44.7 Å². The van der Waals surface area contributed by atoms with Crippen molar-refractivity contribution in [2.24, 2.45) is 0 Å². The van der Waals surface area contributed by atoms with Crippen molar-refractivity contribution in [1.29, 1.82) is 0 Å². The fourth-order valence-electron chi connectivity index (χ4n) is 2.65. The van der Waals surface area contributed by atoms with Gasteiger partial charge in [-0.25, -0.2) is 0 Å². The van der Waals surface area contributed by atoms with Crippen molar-refractivity contribution in [3.63, 3.8) is 0 Å². The largest absolute Gasteiger partial charge is 0.497 e. The van der Waals surface area contributed by atoms with E-state index in [2.05, 4.69) is 33.8 Å². The summed E-state index contributed by atoms with van der Waals surface area (Å²) in [5.74, 6) is 0.938. The predicted octanol–water partition coefficient (Wildman–Crippen LogP) is 1.51. The monoisotopic (exact) mass is 303 g/mol. The molecule has 0 bridgehead atoms. The summed E-state index contributed by atoms with van der Waals surface area (Å²) in [7, 11) is 1.67. The molecule has 120 valence electrons. The molecule has 1 aliphatic heterocycles. The summed E-state index contributed by atoms with van der Waals surface area (Å²) in [6.07, 6.45) is 1.70. The Labute approximate surface area is 132 Å². The SMILES string of the molecule is C=CCNC(=O)[C@@H](C)N1CCN(c2ccc(OC)cc2)CC1. The van der Waals surface area contributed by atoms with Gasteiger partial charge in [0.05, 0.1) is 13.2 Å². The summed E-state index contributed by atoms with van der Waals surface area (Å²) < 4.78 is 5.19. The third kappa shape index (κ3) is 4.01. The number of rotatable bonds is 6. The Kier molecular flexibility index (Phi) is 5.83. The van der Waals surface area contributed by atoms with Crippen LogP contribution in [0.1, 0.15) is 6.92 Å². The van der Waals surface area contributed by atoms with Gasteiger partial charge >= 0.3 is 0 Å². The molecule has 1 aromatic rings. The summed E-state index contributed by atoms with van der Waals surface area (Å²) >= 11 is 0. The minimum atomic E-state index is -0.0991. The summed E-state index contributed by atoms with van der Waals surface area (Å²) in [6.45, 7) is 9.71. The molecule has 5 nitrogen and oxygen atoms in total. The minimum Gasteiger partial charge on any atom is -0.497 e. The topological polar surface area (TPSA) is 44.8 Å². The molecule has 0 aliphatic carbocycles. The molecule has 0 spiro atoms. The van der Waals surface area contributed by atoms with Crippen molar-refractivity contribution in [1.82, 2.24) is 10.2 Å². The van der Waals surface area contributed by atoms with E-state index < -0.39 is 0 Å². The Balaban J connectivity index is 1.86. The molecule has 22 heavy (non-hydrogen) atoms. The number of carbonyl (C=O) groups excluding carboxylic acids is 1. The van der Waals surface area contributed by atoms with E-state index in [9.17, 15) is 4.79 Å². The highest BCUT2D eigenvalue weighted by atomic mass is 16.5. The molecule has 2 rings (SSSR count). The van der Waals surface area contributed by atoms with Crippen molar-refractivity contribution in [3.8, 4) is 5.75 Å². The number of nitrogens with zero attached hydrogens (tertiary/aromatic N) is 2. The molecule has 1 N–H and O–H groups in total. The maximum absolute atomic E-state index is 12.0. The second-order valence-corrected chi connectivity index (χ2v) is 5.43. The quantitative estimate of drug-likeness (QED) is 0.809. The zero-order chi connectivity index (χ0) is 15.9. The molecule has 0 unspecified atom stereocenters. The van der Waals surface area contributed by atoms with E-state index in [1.165, 1.54) is 5.69 Å². The maximum Gasteiger partial charge on any atom is 0.237 e. The zero-order valence-electron chi connectivity index (χ0n) is 13.4. The molecule has 1 fully saturated rings. The minimum absolute atomic E-state index is 0.0674. The summed E-state index contributed by atoms with van der Waals surface area (Å²) in [5, 5.41) is 2.86. The third-order valence-electron chi connectivity index (χ3n) is 4.10. The van der Waals surface area contributed by atoms with Gasteiger partial charge < -0.3 is 15.0 Å². The standard InChI is InChI=1S/C17H25N3O2/c1-4-9-18-17(21)14(2)19-10-12-20(13-11-19)15-5-7-16(22-3)8-6-15/h4-8,14H,1,9-13H2,2-3H3,(H,18,21)/t14-/m1/s1. The van der Waals surface area contributed by atoms with Crippen molar-refractivity contribution < 1.29 is 9.53 Å². The molecule has 1 saturated heterocycles. The normalized spacial score (nSPS) is 16.9. The third-order valence-corrected chi connectivity index (χ3v) is 4.10. The van der Waals surface area contributed by atoms with Crippen LogP contribution < -0.4 is 15.0 Å². The lowest BCUT2D eigenvalue weighted by Crippen LogP contribution is -2.54. The van der Waals surface area contributed by atoms with E-state index in [0.29, 0.717) is 6.54 Å². The first kappa shape index (κ1) is 16.4. The van der Waals surface area contributed by atoms with E-state index in [1.54, 1.807) is 13.2 Å². The Morgan fingerprint density at radius 2 is 1.95 bits per heavy atom. The number of ether oxygens (including phenoxy) is 1. The number of carbonyl (C=O) groups is 1. The molecule has 1 atom stereocenters. The highest BCUT2D eigenvalue weighted by Gasteiger charge is 2.25. The Morgan fingerprint density at radius 3 is 2.50 bits per heavy atom. The van der Waals surface area contributed by atoms with Crippen LogP contribution in [0.3, 0.4) is 0 Å². The van der Waals surface area contributed by atoms with Crippen LogP contribution in [0.15, 0.2) is 36.9 Å². The summed E-state index contributed by atoms with van der Waals surface area (Å²) in [4.78, 5) is 16.6. The van der Waals surface area contributed by atoms with Gasteiger partial charge in [0, 0.05) is 38.4 Å². The number of hydrogen-bond acceptors (Lipinski definition) is 4. The molecule has 0 aromatic heterocycles.